The number of hydrogen-bond donors (Lipinski definition) is 1. The van der Waals surface area contributed by atoms with Crippen molar-refractivity contribution in [1.82, 2.24) is 15.0 Å². The average molecular weight is 228 g/mol. The minimum absolute atomic E-state index is 0.401. The molecule has 0 saturated carbocycles. The molecule has 0 spiro atoms. The minimum atomic E-state index is 0.401. The third kappa shape index (κ3) is 3.34. The first kappa shape index (κ1) is 11.2. The van der Waals surface area contributed by atoms with Gasteiger partial charge in [0.2, 0.25) is 0 Å². The van der Waals surface area contributed by atoms with Gasteiger partial charge in [0.25, 0.3) is 0 Å². The molecule has 5 nitrogen and oxygen atoms in total. The number of pyridine rings is 1. The largest absolute Gasteiger partial charge is 0.411 e. The van der Waals surface area contributed by atoms with E-state index in [9.17, 15) is 0 Å². The van der Waals surface area contributed by atoms with E-state index in [2.05, 4.69) is 20.1 Å². The number of nitrogens with zero attached hydrogens (tertiary/aromatic N) is 4. The highest BCUT2D eigenvalue weighted by atomic mass is 16.4. The maximum absolute atomic E-state index is 8.32. The molecular formula is C12H12N4O. The van der Waals surface area contributed by atoms with Gasteiger partial charge in [0.1, 0.15) is 6.21 Å². The molecule has 2 heterocycles. The van der Waals surface area contributed by atoms with Gasteiger partial charge in [0.15, 0.2) is 5.82 Å². The van der Waals surface area contributed by atoms with Crippen molar-refractivity contribution in [3.63, 3.8) is 0 Å². The zero-order chi connectivity index (χ0) is 11.9. The summed E-state index contributed by atoms with van der Waals surface area (Å²) in [6, 6.07) is 3.97. The second-order valence-corrected chi connectivity index (χ2v) is 3.56. The molecule has 2 aromatic rings. The van der Waals surface area contributed by atoms with E-state index in [1.54, 1.807) is 18.6 Å². The molecule has 0 unspecified atom stereocenters. The highest BCUT2D eigenvalue weighted by Gasteiger charge is 1.97. The molecule has 0 radical (unpaired) electrons. The van der Waals surface area contributed by atoms with Crippen LogP contribution in [0, 0.1) is 0 Å². The Labute approximate surface area is 98.9 Å². The maximum Gasteiger partial charge on any atom is 0.173 e. The van der Waals surface area contributed by atoms with Crippen LogP contribution in [0.25, 0.3) is 0 Å². The van der Waals surface area contributed by atoms with Gasteiger partial charge in [0, 0.05) is 24.8 Å². The van der Waals surface area contributed by atoms with Crippen LogP contribution in [-0.4, -0.2) is 26.4 Å². The fourth-order valence-corrected chi connectivity index (χ4v) is 1.45. The van der Waals surface area contributed by atoms with Crippen molar-refractivity contribution in [3.8, 4) is 0 Å². The molecule has 17 heavy (non-hydrogen) atoms. The molecule has 0 aromatic carbocycles. The van der Waals surface area contributed by atoms with Gasteiger partial charge in [-0.15, -0.1) is 0 Å². The van der Waals surface area contributed by atoms with Gasteiger partial charge in [-0.2, -0.15) is 0 Å². The first-order valence-electron chi connectivity index (χ1n) is 5.26. The average Bonchev–Trinajstić information content (AvgIpc) is 2.40. The summed E-state index contributed by atoms with van der Waals surface area (Å²) in [5, 5.41) is 11.2. The lowest BCUT2D eigenvalue weighted by atomic mass is 10.1. The van der Waals surface area contributed by atoms with E-state index in [1.807, 2.05) is 18.3 Å². The van der Waals surface area contributed by atoms with E-state index in [0.717, 1.165) is 18.4 Å². The maximum atomic E-state index is 8.32. The van der Waals surface area contributed by atoms with E-state index < -0.39 is 0 Å². The molecule has 5 heteroatoms. The number of aryl methyl sites for hydroxylation is 2. The molecule has 0 aliphatic heterocycles. The fraction of sp³-hybridized carbons (Fsp3) is 0.167. The summed E-state index contributed by atoms with van der Waals surface area (Å²) in [6.07, 6.45) is 10.1. The smallest absolute Gasteiger partial charge is 0.173 e. The van der Waals surface area contributed by atoms with Gasteiger partial charge in [-0.1, -0.05) is 11.2 Å². The van der Waals surface area contributed by atoms with E-state index >= 15 is 0 Å². The van der Waals surface area contributed by atoms with Crippen molar-refractivity contribution in [3.05, 3.63) is 53.9 Å². The Morgan fingerprint density at radius 3 is 2.53 bits per heavy atom. The van der Waals surface area contributed by atoms with Crippen molar-refractivity contribution < 1.29 is 5.21 Å². The van der Waals surface area contributed by atoms with Crippen molar-refractivity contribution >= 4 is 6.21 Å². The van der Waals surface area contributed by atoms with Gasteiger partial charge in [-0.3, -0.25) is 4.98 Å². The highest BCUT2D eigenvalue weighted by Crippen LogP contribution is 2.04. The molecule has 0 bridgehead atoms. The summed E-state index contributed by atoms with van der Waals surface area (Å²) in [5.41, 5.74) is 2.23. The minimum Gasteiger partial charge on any atom is -0.411 e. The zero-order valence-electron chi connectivity index (χ0n) is 9.19. The summed E-state index contributed by atoms with van der Waals surface area (Å²) in [4.78, 5) is 12.1. The zero-order valence-corrected chi connectivity index (χ0v) is 9.19. The predicted molar refractivity (Wildman–Crippen MR) is 63.1 cm³/mol. The van der Waals surface area contributed by atoms with Gasteiger partial charge < -0.3 is 5.21 Å². The molecule has 0 saturated heterocycles. The van der Waals surface area contributed by atoms with Crippen LogP contribution in [0.5, 0.6) is 0 Å². The summed E-state index contributed by atoms with van der Waals surface area (Å²) < 4.78 is 0. The van der Waals surface area contributed by atoms with Gasteiger partial charge >= 0.3 is 0 Å². The molecule has 0 atom stereocenters. The Morgan fingerprint density at radius 1 is 1.12 bits per heavy atom. The highest BCUT2D eigenvalue weighted by molar-refractivity contribution is 5.73. The number of hydrogen-bond acceptors (Lipinski definition) is 5. The summed E-state index contributed by atoms with van der Waals surface area (Å²) in [7, 11) is 0. The molecule has 0 amide bonds. The summed E-state index contributed by atoms with van der Waals surface area (Å²) in [5.74, 6) is 0.401. The Hall–Kier alpha value is -2.30. The molecule has 0 fully saturated rings. The van der Waals surface area contributed by atoms with Crippen LogP contribution in [0.3, 0.4) is 0 Å². The van der Waals surface area contributed by atoms with Crippen LogP contribution < -0.4 is 0 Å². The number of rotatable bonds is 4. The molecule has 0 aliphatic rings. The lowest BCUT2D eigenvalue weighted by Crippen LogP contribution is -1.97. The van der Waals surface area contributed by atoms with Crippen LogP contribution in [0.1, 0.15) is 17.0 Å². The third-order valence-electron chi connectivity index (χ3n) is 2.32. The summed E-state index contributed by atoms with van der Waals surface area (Å²) in [6.45, 7) is 0. The number of oxime groups is 1. The first-order valence-corrected chi connectivity index (χ1v) is 5.26. The summed E-state index contributed by atoms with van der Waals surface area (Å²) >= 11 is 0. The van der Waals surface area contributed by atoms with Crippen molar-refractivity contribution in [2.75, 3.05) is 0 Å². The van der Waals surface area contributed by atoms with E-state index in [-0.39, 0.29) is 0 Å². The molecule has 1 N–H and O–H groups in total. The van der Waals surface area contributed by atoms with Crippen LogP contribution in [-0.2, 0) is 12.8 Å². The lowest BCUT2D eigenvalue weighted by molar-refractivity contribution is 0.321. The van der Waals surface area contributed by atoms with Gasteiger partial charge in [-0.05, 0) is 30.0 Å². The Bertz CT molecular complexity index is 482. The van der Waals surface area contributed by atoms with Gasteiger partial charge in [0.05, 0.1) is 0 Å². The van der Waals surface area contributed by atoms with Crippen LogP contribution in [0.2, 0.25) is 0 Å². The van der Waals surface area contributed by atoms with Crippen LogP contribution in [0.4, 0.5) is 0 Å². The Balaban J connectivity index is 1.95. The Kier molecular flexibility index (Phi) is 3.75. The van der Waals surface area contributed by atoms with Crippen LogP contribution in [0.15, 0.2) is 42.1 Å². The lowest BCUT2D eigenvalue weighted by Gasteiger charge is -2.00. The fourth-order valence-electron chi connectivity index (χ4n) is 1.45. The van der Waals surface area contributed by atoms with E-state index in [4.69, 9.17) is 5.21 Å². The molecular weight excluding hydrogens is 216 g/mol. The first-order chi connectivity index (χ1) is 8.38. The monoisotopic (exact) mass is 228 g/mol. The van der Waals surface area contributed by atoms with Gasteiger partial charge in [-0.25, -0.2) is 9.97 Å². The topological polar surface area (TPSA) is 71.3 Å². The van der Waals surface area contributed by atoms with E-state index in [0.29, 0.717) is 5.82 Å². The normalized spacial score (nSPS) is 10.8. The van der Waals surface area contributed by atoms with Crippen molar-refractivity contribution in [2.24, 2.45) is 5.16 Å². The Morgan fingerprint density at radius 2 is 1.88 bits per heavy atom. The quantitative estimate of drug-likeness (QED) is 0.488. The SMILES string of the molecule is ON=Cc1ncc(CCc2cccnc2)cn1. The molecule has 2 rings (SSSR count). The predicted octanol–water partition coefficient (Wildman–Crippen LogP) is 1.46. The second kappa shape index (κ2) is 5.69. The number of aromatic nitrogens is 3. The second-order valence-electron chi connectivity index (χ2n) is 3.56. The third-order valence-corrected chi connectivity index (χ3v) is 2.32. The van der Waals surface area contributed by atoms with Crippen molar-refractivity contribution in [1.29, 1.82) is 0 Å². The molecule has 0 aliphatic carbocycles. The molecule has 86 valence electrons. The van der Waals surface area contributed by atoms with E-state index in [1.165, 1.54) is 11.8 Å². The standard InChI is InChI=1S/C12H12N4O/c17-16-9-12-14-7-11(8-15-12)4-3-10-2-1-5-13-6-10/h1-2,5-9,17H,3-4H2. The molecule has 2 aromatic heterocycles. The van der Waals surface area contributed by atoms with Crippen molar-refractivity contribution in [2.45, 2.75) is 12.8 Å². The van der Waals surface area contributed by atoms with Crippen LogP contribution >= 0.6 is 0 Å².